The molecule has 0 aliphatic carbocycles. The van der Waals surface area contributed by atoms with Crippen molar-refractivity contribution in [2.45, 2.75) is 26.4 Å². The van der Waals surface area contributed by atoms with E-state index in [9.17, 15) is 0 Å². The molecule has 0 aromatic rings. The second-order valence-corrected chi connectivity index (χ2v) is 2.96. The average molecular weight is 167 g/mol. The third kappa shape index (κ3) is 24.6. The summed E-state index contributed by atoms with van der Waals surface area (Å²) in [6, 6.07) is 0. The van der Waals surface area contributed by atoms with E-state index in [1.165, 1.54) is 0 Å². The van der Waals surface area contributed by atoms with Crippen LogP contribution in [0.5, 0.6) is 0 Å². The van der Waals surface area contributed by atoms with Gasteiger partial charge in [-0.15, -0.1) is 18.2 Å². The highest BCUT2D eigenvalue weighted by molar-refractivity contribution is 6.18. The van der Waals surface area contributed by atoms with Gasteiger partial charge in [0.25, 0.3) is 0 Å². The number of alkyl halides is 1. The monoisotopic (exact) mass is 166 g/mol. The van der Waals surface area contributed by atoms with Crippen molar-refractivity contribution in [3.63, 3.8) is 0 Å². The van der Waals surface area contributed by atoms with Gasteiger partial charge in [-0.25, -0.2) is 4.89 Å². The van der Waals surface area contributed by atoms with Crippen molar-refractivity contribution in [2.24, 2.45) is 0 Å². The van der Waals surface area contributed by atoms with Gasteiger partial charge in [0.05, 0.1) is 5.60 Å². The molecule has 0 rings (SSSR count). The van der Waals surface area contributed by atoms with E-state index in [1.54, 1.807) is 26.8 Å². The third-order valence-corrected chi connectivity index (χ3v) is 0.601. The molecule has 0 aromatic heterocycles. The summed E-state index contributed by atoms with van der Waals surface area (Å²) in [5.74, 6) is 0.556. The highest BCUT2D eigenvalue weighted by Gasteiger charge is 2.06. The normalized spacial score (nSPS) is 9.70. The third-order valence-electron chi connectivity index (χ3n) is 0.383. The van der Waals surface area contributed by atoms with E-state index in [1.807, 2.05) is 0 Å². The number of hydrogen-bond acceptors (Lipinski definition) is 2. The molecular weight excluding hydrogens is 152 g/mol. The Kier molecular flexibility index (Phi) is 8.91. The molecule has 0 radical (unpaired) electrons. The Morgan fingerprint density at radius 2 is 1.80 bits per heavy atom. The molecule has 3 heteroatoms. The SMILES string of the molecule is C=CCCl.CC(C)(C)OO. The van der Waals surface area contributed by atoms with E-state index < -0.39 is 5.60 Å². The summed E-state index contributed by atoms with van der Waals surface area (Å²) in [6.07, 6.45) is 1.64. The van der Waals surface area contributed by atoms with Crippen LogP contribution in [0.25, 0.3) is 0 Å². The van der Waals surface area contributed by atoms with Gasteiger partial charge in [0.1, 0.15) is 0 Å². The summed E-state index contributed by atoms with van der Waals surface area (Å²) in [5.41, 5.74) is -0.403. The maximum Gasteiger partial charge on any atom is 0.0949 e. The molecule has 0 aliphatic heterocycles. The van der Waals surface area contributed by atoms with Crippen LogP contribution < -0.4 is 0 Å². The molecular formula is C7H15ClO2. The van der Waals surface area contributed by atoms with Gasteiger partial charge in [0, 0.05) is 5.88 Å². The summed E-state index contributed by atoms with van der Waals surface area (Å²) in [5, 5.41) is 7.90. The van der Waals surface area contributed by atoms with Crippen LogP contribution in [0.15, 0.2) is 12.7 Å². The first kappa shape index (κ1) is 12.6. The van der Waals surface area contributed by atoms with Gasteiger partial charge in [-0.1, -0.05) is 6.08 Å². The first-order chi connectivity index (χ1) is 4.47. The van der Waals surface area contributed by atoms with Gasteiger partial charge in [-0.3, -0.25) is 5.26 Å². The van der Waals surface area contributed by atoms with Crippen LogP contribution in [0.3, 0.4) is 0 Å². The fourth-order valence-electron chi connectivity index (χ4n) is 0. The lowest BCUT2D eigenvalue weighted by molar-refractivity contribution is -0.306. The Bertz CT molecular complexity index is 76.2. The van der Waals surface area contributed by atoms with Gasteiger partial charge in [-0.2, -0.15) is 0 Å². The Hall–Kier alpha value is -0.0500. The van der Waals surface area contributed by atoms with E-state index in [0.29, 0.717) is 5.88 Å². The maximum atomic E-state index is 7.90. The first-order valence-electron chi connectivity index (χ1n) is 2.97. The van der Waals surface area contributed by atoms with Gasteiger partial charge in [-0.05, 0) is 20.8 Å². The van der Waals surface area contributed by atoms with Crippen LogP contribution in [-0.4, -0.2) is 16.7 Å². The smallest absolute Gasteiger partial charge is 0.0949 e. The van der Waals surface area contributed by atoms with Crippen LogP contribution in [0.2, 0.25) is 0 Å². The van der Waals surface area contributed by atoms with E-state index >= 15 is 0 Å². The molecule has 2 nitrogen and oxygen atoms in total. The van der Waals surface area contributed by atoms with Crippen LogP contribution in [0, 0.1) is 0 Å². The molecule has 0 unspecified atom stereocenters. The fraction of sp³-hybridized carbons (Fsp3) is 0.714. The number of halogens is 1. The molecule has 0 spiro atoms. The minimum absolute atomic E-state index is 0.403. The summed E-state index contributed by atoms with van der Waals surface area (Å²) in [6.45, 7) is 8.66. The Balaban J connectivity index is 0. The molecule has 0 atom stereocenters. The molecule has 0 aliphatic rings. The minimum Gasteiger partial charge on any atom is -0.251 e. The lowest BCUT2D eigenvalue weighted by Crippen LogP contribution is -2.15. The van der Waals surface area contributed by atoms with Crippen molar-refractivity contribution in [2.75, 3.05) is 5.88 Å². The molecule has 0 saturated carbocycles. The fourth-order valence-corrected chi connectivity index (χ4v) is 0. The number of hydrogen-bond donors (Lipinski definition) is 1. The van der Waals surface area contributed by atoms with Gasteiger partial charge >= 0.3 is 0 Å². The Morgan fingerprint density at radius 1 is 1.60 bits per heavy atom. The Labute approximate surface area is 67.4 Å². The Morgan fingerprint density at radius 3 is 1.80 bits per heavy atom. The average Bonchev–Trinajstić information content (AvgIpc) is 1.87. The predicted molar refractivity (Wildman–Crippen MR) is 44.4 cm³/mol. The van der Waals surface area contributed by atoms with Crippen molar-refractivity contribution in [1.29, 1.82) is 0 Å². The van der Waals surface area contributed by atoms with E-state index in [2.05, 4.69) is 11.5 Å². The minimum atomic E-state index is -0.403. The van der Waals surface area contributed by atoms with E-state index in [-0.39, 0.29) is 0 Å². The molecule has 0 heterocycles. The van der Waals surface area contributed by atoms with Gasteiger partial charge < -0.3 is 0 Å². The molecule has 62 valence electrons. The summed E-state index contributed by atoms with van der Waals surface area (Å²) in [4.78, 5) is 3.94. The predicted octanol–water partition coefficient (Wildman–Crippen LogP) is 2.69. The summed E-state index contributed by atoms with van der Waals surface area (Å²) < 4.78 is 0. The van der Waals surface area contributed by atoms with Crippen molar-refractivity contribution in [1.82, 2.24) is 0 Å². The topological polar surface area (TPSA) is 29.5 Å². The van der Waals surface area contributed by atoms with Crippen molar-refractivity contribution in [3.05, 3.63) is 12.7 Å². The van der Waals surface area contributed by atoms with Gasteiger partial charge in [0.2, 0.25) is 0 Å². The largest absolute Gasteiger partial charge is 0.251 e. The van der Waals surface area contributed by atoms with Crippen LogP contribution >= 0.6 is 11.6 Å². The molecule has 1 N–H and O–H groups in total. The van der Waals surface area contributed by atoms with E-state index in [4.69, 9.17) is 16.9 Å². The number of allylic oxidation sites excluding steroid dienone is 1. The summed E-state index contributed by atoms with van der Waals surface area (Å²) >= 11 is 5.07. The number of rotatable bonds is 1. The second-order valence-electron chi connectivity index (χ2n) is 2.65. The molecule has 0 saturated heterocycles. The zero-order valence-electron chi connectivity index (χ0n) is 6.72. The highest BCUT2D eigenvalue weighted by Crippen LogP contribution is 2.01. The standard InChI is InChI=1S/C4H10O2.C3H5Cl/c1-4(2,3)6-5;1-2-3-4/h5H,1-3H3;2H,1,3H2. The molecule has 0 amide bonds. The molecule has 10 heavy (non-hydrogen) atoms. The van der Waals surface area contributed by atoms with Crippen LogP contribution in [-0.2, 0) is 4.89 Å². The molecule has 0 bridgehead atoms. The van der Waals surface area contributed by atoms with Crippen molar-refractivity contribution < 1.29 is 10.1 Å². The van der Waals surface area contributed by atoms with E-state index in [0.717, 1.165) is 0 Å². The van der Waals surface area contributed by atoms with Crippen LogP contribution in [0.1, 0.15) is 20.8 Å². The highest BCUT2D eigenvalue weighted by atomic mass is 35.5. The summed E-state index contributed by atoms with van der Waals surface area (Å²) in [7, 11) is 0. The quantitative estimate of drug-likeness (QED) is 0.281. The van der Waals surface area contributed by atoms with Crippen molar-refractivity contribution >= 4 is 11.6 Å². The lowest BCUT2D eigenvalue weighted by Gasteiger charge is -2.10. The maximum absolute atomic E-state index is 7.90. The van der Waals surface area contributed by atoms with Crippen molar-refractivity contribution in [3.8, 4) is 0 Å². The molecule has 0 fully saturated rings. The second kappa shape index (κ2) is 7.06. The zero-order chi connectivity index (χ0) is 8.62. The van der Waals surface area contributed by atoms with Crippen LogP contribution in [0.4, 0.5) is 0 Å². The lowest BCUT2D eigenvalue weighted by atomic mass is 10.2. The van der Waals surface area contributed by atoms with Gasteiger partial charge in [0.15, 0.2) is 0 Å². The first-order valence-corrected chi connectivity index (χ1v) is 3.50. The molecule has 0 aromatic carbocycles. The zero-order valence-corrected chi connectivity index (χ0v) is 7.48.